The van der Waals surface area contributed by atoms with Crippen molar-refractivity contribution in [2.24, 2.45) is 5.41 Å². The standard InChI is InChI=1S/C11H22ClNO/c1-11(2,6-9-14-3)10-13-8-5-4-7-12/h4-5,13H,6-10H2,1-3H3/b5-4+. The second-order valence-electron chi connectivity index (χ2n) is 4.16. The lowest BCUT2D eigenvalue weighted by atomic mass is 9.90. The highest BCUT2D eigenvalue weighted by atomic mass is 35.5. The van der Waals surface area contributed by atoms with Gasteiger partial charge in [0.1, 0.15) is 0 Å². The third kappa shape index (κ3) is 8.54. The van der Waals surface area contributed by atoms with E-state index in [0.29, 0.717) is 11.3 Å². The lowest BCUT2D eigenvalue weighted by Crippen LogP contribution is -2.30. The van der Waals surface area contributed by atoms with E-state index in [-0.39, 0.29) is 0 Å². The van der Waals surface area contributed by atoms with Gasteiger partial charge in [-0.15, -0.1) is 11.6 Å². The van der Waals surface area contributed by atoms with E-state index >= 15 is 0 Å². The van der Waals surface area contributed by atoms with Crippen molar-refractivity contribution in [2.45, 2.75) is 20.3 Å². The highest BCUT2D eigenvalue weighted by Crippen LogP contribution is 2.18. The maximum absolute atomic E-state index is 5.51. The lowest BCUT2D eigenvalue weighted by molar-refractivity contribution is 0.151. The van der Waals surface area contributed by atoms with Crippen LogP contribution in [0.4, 0.5) is 0 Å². The molecule has 0 aliphatic heterocycles. The van der Waals surface area contributed by atoms with Crippen LogP contribution in [-0.4, -0.2) is 32.7 Å². The largest absolute Gasteiger partial charge is 0.385 e. The minimum absolute atomic E-state index is 0.296. The van der Waals surface area contributed by atoms with Gasteiger partial charge in [-0.25, -0.2) is 0 Å². The van der Waals surface area contributed by atoms with Crippen molar-refractivity contribution < 1.29 is 4.74 Å². The maximum atomic E-state index is 5.51. The van der Waals surface area contributed by atoms with Crippen LogP contribution in [0.15, 0.2) is 12.2 Å². The fourth-order valence-corrected chi connectivity index (χ4v) is 1.23. The first kappa shape index (κ1) is 13.9. The van der Waals surface area contributed by atoms with Gasteiger partial charge in [-0.1, -0.05) is 26.0 Å². The molecule has 14 heavy (non-hydrogen) atoms. The Balaban J connectivity index is 3.49. The van der Waals surface area contributed by atoms with Gasteiger partial charge >= 0.3 is 0 Å². The monoisotopic (exact) mass is 219 g/mol. The van der Waals surface area contributed by atoms with Gasteiger partial charge in [0.05, 0.1) is 0 Å². The number of hydrogen-bond donors (Lipinski definition) is 1. The van der Waals surface area contributed by atoms with Crippen LogP contribution in [0.2, 0.25) is 0 Å². The summed E-state index contributed by atoms with van der Waals surface area (Å²) in [6.07, 6.45) is 5.09. The SMILES string of the molecule is COCCC(C)(C)CNC/C=C/CCl. The number of rotatable bonds is 8. The summed E-state index contributed by atoms with van der Waals surface area (Å²) in [7, 11) is 1.74. The quantitative estimate of drug-likeness (QED) is 0.385. The van der Waals surface area contributed by atoms with Gasteiger partial charge in [0.2, 0.25) is 0 Å². The number of ether oxygens (including phenoxy) is 1. The number of allylic oxidation sites excluding steroid dienone is 1. The van der Waals surface area contributed by atoms with E-state index in [1.807, 2.05) is 6.08 Å². The number of halogens is 1. The highest BCUT2D eigenvalue weighted by molar-refractivity contribution is 6.18. The molecule has 1 N–H and O–H groups in total. The first-order valence-electron chi connectivity index (χ1n) is 5.03. The summed E-state index contributed by atoms with van der Waals surface area (Å²) in [6, 6.07) is 0. The van der Waals surface area contributed by atoms with Crippen molar-refractivity contribution in [1.29, 1.82) is 0 Å². The first-order chi connectivity index (χ1) is 6.62. The molecule has 0 aliphatic rings. The molecule has 0 aromatic rings. The van der Waals surface area contributed by atoms with Gasteiger partial charge in [-0.2, -0.15) is 0 Å². The predicted molar refractivity (Wildman–Crippen MR) is 63.0 cm³/mol. The number of alkyl halides is 1. The van der Waals surface area contributed by atoms with Crippen LogP contribution in [0.5, 0.6) is 0 Å². The molecule has 0 fully saturated rings. The molecular weight excluding hydrogens is 198 g/mol. The average molecular weight is 220 g/mol. The van der Waals surface area contributed by atoms with Crippen molar-refractivity contribution in [2.75, 3.05) is 32.7 Å². The molecule has 0 rings (SSSR count). The van der Waals surface area contributed by atoms with Gasteiger partial charge < -0.3 is 10.1 Å². The molecule has 2 nitrogen and oxygen atoms in total. The molecule has 0 unspecified atom stereocenters. The van der Waals surface area contributed by atoms with Crippen LogP contribution in [0.3, 0.4) is 0 Å². The summed E-state index contributed by atoms with van der Waals surface area (Å²) in [6.45, 7) is 7.20. The Morgan fingerprint density at radius 1 is 1.36 bits per heavy atom. The van der Waals surface area contributed by atoms with E-state index in [1.54, 1.807) is 7.11 Å². The normalized spacial score (nSPS) is 12.6. The molecule has 0 spiro atoms. The number of methoxy groups -OCH3 is 1. The van der Waals surface area contributed by atoms with Crippen LogP contribution < -0.4 is 5.32 Å². The minimum Gasteiger partial charge on any atom is -0.385 e. The molecule has 0 aliphatic carbocycles. The van der Waals surface area contributed by atoms with E-state index in [0.717, 1.165) is 26.1 Å². The topological polar surface area (TPSA) is 21.3 Å². The summed E-state index contributed by atoms with van der Waals surface area (Å²) in [5.41, 5.74) is 0.296. The fraction of sp³-hybridized carbons (Fsp3) is 0.818. The Kier molecular flexibility index (Phi) is 8.24. The molecule has 0 heterocycles. The molecule has 0 aromatic carbocycles. The second-order valence-corrected chi connectivity index (χ2v) is 4.47. The van der Waals surface area contributed by atoms with Gasteiger partial charge in [0, 0.05) is 32.7 Å². The van der Waals surface area contributed by atoms with E-state index < -0.39 is 0 Å². The van der Waals surface area contributed by atoms with E-state index in [4.69, 9.17) is 16.3 Å². The zero-order valence-electron chi connectivity index (χ0n) is 9.48. The van der Waals surface area contributed by atoms with Crippen LogP contribution in [0.25, 0.3) is 0 Å². The van der Waals surface area contributed by atoms with Crippen LogP contribution in [0.1, 0.15) is 20.3 Å². The van der Waals surface area contributed by atoms with Crippen LogP contribution in [0, 0.1) is 5.41 Å². The van der Waals surface area contributed by atoms with Gasteiger partial charge in [0.25, 0.3) is 0 Å². The van der Waals surface area contributed by atoms with Crippen molar-refractivity contribution in [1.82, 2.24) is 5.32 Å². The van der Waals surface area contributed by atoms with E-state index in [2.05, 4.69) is 25.2 Å². The van der Waals surface area contributed by atoms with Crippen molar-refractivity contribution in [3.63, 3.8) is 0 Å². The molecule has 0 amide bonds. The van der Waals surface area contributed by atoms with Gasteiger partial charge in [0.15, 0.2) is 0 Å². The zero-order chi connectivity index (χ0) is 10.9. The van der Waals surface area contributed by atoms with Crippen LogP contribution >= 0.6 is 11.6 Å². The summed E-state index contributed by atoms with van der Waals surface area (Å²) in [5.74, 6) is 0.592. The summed E-state index contributed by atoms with van der Waals surface area (Å²) < 4.78 is 5.06. The minimum atomic E-state index is 0.296. The van der Waals surface area contributed by atoms with Crippen molar-refractivity contribution in [3.8, 4) is 0 Å². The van der Waals surface area contributed by atoms with E-state index in [1.165, 1.54) is 0 Å². The number of nitrogens with one attached hydrogen (secondary N) is 1. The molecular formula is C11H22ClNO. The highest BCUT2D eigenvalue weighted by Gasteiger charge is 2.16. The smallest absolute Gasteiger partial charge is 0.0467 e. The van der Waals surface area contributed by atoms with Gasteiger partial charge in [-0.3, -0.25) is 0 Å². The molecule has 0 bridgehead atoms. The number of hydrogen-bond acceptors (Lipinski definition) is 2. The van der Waals surface area contributed by atoms with Crippen molar-refractivity contribution in [3.05, 3.63) is 12.2 Å². The molecule has 0 radical (unpaired) electrons. The predicted octanol–water partition coefficient (Wildman–Crippen LogP) is 2.43. The molecule has 0 saturated carbocycles. The van der Waals surface area contributed by atoms with E-state index in [9.17, 15) is 0 Å². The van der Waals surface area contributed by atoms with Gasteiger partial charge in [-0.05, 0) is 11.8 Å². The zero-order valence-corrected chi connectivity index (χ0v) is 10.2. The summed E-state index contributed by atoms with van der Waals surface area (Å²) in [5, 5.41) is 3.37. The Labute approximate surface area is 92.7 Å². The lowest BCUT2D eigenvalue weighted by Gasteiger charge is -2.24. The Morgan fingerprint density at radius 3 is 2.64 bits per heavy atom. The molecule has 0 saturated heterocycles. The molecule has 0 atom stereocenters. The Hall–Kier alpha value is -0.0500. The Morgan fingerprint density at radius 2 is 2.07 bits per heavy atom. The third-order valence-electron chi connectivity index (χ3n) is 2.10. The maximum Gasteiger partial charge on any atom is 0.0467 e. The summed E-state index contributed by atoms with van der Waals surface area (Å²) in [4.78, 5) is 0. The fourth-order valence-electron chi connectivity index (χ4n) is 1.11. The van der Waals surface area contributed by atoms with Crippen LogP contribution in [-0.2, 0) is 4.74 Å². The third-order valence-corrected chi connectivity index (χ3v) is 2.28. The molecule has 84 valence electrons. The molecule has 3 heteroatoms. The molecule has 0 aromatic heterocycles. The average Bonchev–Trinajstić information content (AvgIpc) is 2.15. The Bertz CT molecular complexity index is 157. The second kappa shape index (κ2) is 8.27. The first-order valence-corrected chi connectivity index (χ1v) is 5.56. The summed E-state index contributed by atoms with van der Waals surface area (Å²) >= 11 is 5.51. The van der Waals surface area contributed by atoms with Crippen molar-refractivity contribution >= 4 is 11.6 Å².